The molecule has 0 aliphatic rings. The molecule has 3 nitrogen and oxygen atoms in total. The Bertz CT molecular complexity index is 751. The number of aliphatic hydroxyl groups excluding tert-OH is 1. The third-order valence-electron chi connectivity index (χ3n) is 2.95. The molecule has 120 valence electrons. The summed E-state index contributed by atoms with van der Waals surface area (Å²) < 4.78 is 39.2. The van der Waals surface area contributed by atoms with Gasteiger partial charge in [-0.3, -0.25) is 0 Å². The number of halogens is 3. The summed E-state index contributed by atoms with van der Waals surface area (Å²) in [6.45, 7) is -0.371. The fourth-order valence-electron chi connectivity index (χ4n) is 1.94. The maximum Gasteiger partial charge on any atom is 0.416 e. The second kappa shape index (κ2) is 7.40. The van der Waals surface area contributed by atoms with Gasteiger partial charge in [0, 0.05) is 17.6 Å². The van der Waals surface area contributed by atoms with E-state index in [9.17, 15) is 13.2 Å². The zero-order chi connectivity index (χ0) is 16.9. The van der Waals surface area contributed by atoms with E-state index in [2.05, 4.69) is 34.8 Å². The van der Waals surface area contributed by atoms with Gasteiger partial charge in [-0.1, -0.05) is 17.9 Å². The van der Waals surface area contributed by atoms with Crippen molar-refractivity contribution in [2.45, 2.75) is 17.6 Å². The van der Waals surface area contributed by atoms with Crippen molar-refractivity contribution in [1.29, 1.82) is 0 Å². The molecule has 0 spiro atoms. The van der Waals surface area contributed by atoms with Gasteiger partial charge in [-0.15, -0.1) is 12.6 Å². The number of alkyl halides is 3. The molecule has 23 heavy (non-hydrogen) atoms. The highest BCUT2D eigenvalue weighted by atomic mass is 32.1. The summed E-state index contributed by atoms with van der Waals surface area (Å²) >= 11 is 3.95. The third kappa shape index (κ3) is 4.65. The third-order valence-corrected chi connectivity index (χ3v) is 3.23. The Kier molecular flexibility index (Phi) is 5.53. The predicted molar refractivity (Wildman–Crippen MR) is 84.2 cm³/mol. The maximum absolute atomic E-state index is 13.1. The van der Waals surface area contributed by atoms with Gasteiger partial charge in [0.25, 0.3) is 0 Å². The second-order valence-electron chi connectivity index (χ2n) is 4.55. The number of hydrogen-bond donors (Lipinski definition) is 3. The lowest BCUT2D eigenvalue weighted by Gasteiger charge is -2.15. The van der Waals surface area contributed by atoms with Crippen molar-refractivity contribution >= 4 is 18.4 Å². The normalized spacial score (nSPS) is 10.8. The molecule has 0 saturated carbocycles. The molecule has 0 aliphatic carbocycles. The first-order valence-corrected chi connectivity index (χ1v) is 7.04. The predicted octanol–water partition coefficient (Wildman–Crippen LogP) is 3.35. The minimum absolute atomic E-state index is 0.0618. The fourth-order valence-corrected chi connectivity index (χ4v) is 2.15. The van der Waals surface area contributed by atoms with Crippen LogP contribution in [0.25, 0.3) is 0 Å². The highest BCUT2D eigenvalue weighted by molar-refractivity contribution is 7.80. The van der Waals surface area contributed by atoms with Crippen LogP contribution in [-0.2, 0) is 12.7 Å². The van der Waals surface area contributed by atoms with Gasteiger partial charge in [0.1, 0.15) is 12.4 Å². The summed E-state index contributed by atoms with van der Waals surface area (Å²) in [4.78, 5) is 4.31. The number of anilines is 1. The van der Waals surface area contributed by atoms with Crippen LogP contribution in [0.3, 0.4) is 0 Å². The van der Waals surface area contributed by atoms with Gasteiger partial charge in [-0.05, 0) is 29.8 Å². The first-order chi connectivity index (χ1) is 10.9. The topological polar surface area (TPSA) is 45.2 Å². The van der Waals surface area contributed by atoms with Crippen LogP contribution in [0.4, 0.5) is 19.0 Å². The number of pyridine rings is 1. The van der Waals surface area contributed by atoms with Gasteiger partial charge >= 0.3 is 6.18 Å². The van der Waals surface area contributed by atoms with Crippen molar-refractivity contribution in [1.82, 2.24) is 4.98 Å². The maximum atomic E-state index is 13.1. The van der Waals surface area contributed by atoms with Crippen LogP contribution in [0.5, 0.6) is 0 Å². The Morgan fingerprint density at radius 3 is 2.74 bits per heavy atom. The summed E-state index contributed by atoms with van der Waals surface area (Å²) in [5.74, 6) is 5.53. The molecular formula is C16H13F3N2OS. The summed E-state index contributed by atoms with van der Waals surface area (Å²) in [6, 6.07) is 7.19. The molecule has 0 unspecified atom stereocenters. The Morgan fingerprint density at radius 2 is 2.04 bits per heavy atom. The van der Waals surface area contributed by atoms with E-state index in [1.807, 2.05) is 0 Å². The Labute approximate surface area is 137 Å². The lowest BCUT2D eigenvalue weighted by Crippen LogP contribution is -2.12. The van der Waals surface area contributed by atoms with E-state index in [1.54, 1.807) is 12.1 Å². The Hall–Kier alpha value is -2.17. The summed E-state index contributed by atoms with van der Waals surface area (Å²) in [7, 11) is 0. The standard InChI is InChI=1S/C16H13F3N2OS/c17-16(18,19)14-9-13(23)6-5-12(14)10-21-15-11(4-2-8-22)3-1-7-20-15/h1,3,5-7,9,22-23H,8,10H2,(H,20,21). The minimum Gasteiger partial charge on any atom is -0.384 e. The van der Waals surface area contributed by atoms with Crippen molar-refractivity contribution in [2.24, 2.45) is 0 Å². The number of aromatic nitrogens is 1. The Balaban J connectivity index is 2.26. The molecule has 0 amide bonds. The van der Waals surface area contributed by atoms with Crippen LogP contribution in [0, 0.1) is 11.8 Å². The largest absolute Gasteiger partial charge is 0.416 e. The molecule has 2 rings (SSSR count). The first-order valence-electron chi connectivity index (χ1n) is 6.59. The molecule has 0 fully saturated rings. The highest BCUT2D eigenvalue weighted by Crippen LogP contribution is 2.33. The van der Waals surface area contributed by atoms with Crippen LogP contribution >= 0.6 is 12.6 Å². The number of aliphatic hydroxyl groups is 1. The molecule has 0 aliphatic heterocycles. The molecular weight excluding hydrogens is 325 g/mol. The number of nitrogens with zero attached hydrogens (tertiary/aromatic N) is 1. The van der Waals surface area contributed by atoms with Crippen LogP contribution in [0.15, 0.2) is 41.4 Å². The lowest BCUT2D eigenvalue weighted by atomic mass is 10.1. The smallest absolute Gasteiger partial charge is 0.384 e. The van der Waals surface area contributed by atoms with Crippen molar-refractivity contribution in [2.75, 3.05) is 11.9 Å². The van der Waals surface area contributed by atoms with Crippen molar-refractivity contribution in [3.63, 3.8) is 0 Å². The first kappa shape index (κ1) is 17.2. The van der Waals surface area contributed by atoms with Crippen LogP contribution in [0.2, 0.25) is 0 Å². The molecule has 0 radical (unpaired) electrons. The molecule has 0 atom stereocenters. The molecule has 1 heterocycles. The minimum atomic E-state index is -4.46. The summed E-state index contributed by atoms with van der Waals surface area (Å²) in [5.41, 5.74) is -0.153. The zero-order valence-electron chi connectivity index (χ0n) is 11.9. The molecule has 0 bridgehead atoms. The summed E-state index contributed by atoms with van der Waals surface area (Å²) in [5, 5.41) is 11.6. The van der Waals surface area contributed by atoms with Gasteiger partial charge in [0.2, 0.25) is 0 Å². The number of nitrogens with one attached hydrogen (secondary N) is 1. The molecule has 1 aromatic heterocycles. The van der Waals surface area contributed by atoms with Gasteiger partial charge in [-0.2, -0.15) is 13.2 Å². The second-order valence-corrected chi connectivity index (χ2v) is 5.07. The highest BCUT2D eigenvalue weighted by Gasteiger charge is 2.33. The monoisotopic (exact) mass is 338 g/mol. The number of hydrogen-bond acceptors (Lipinski definition) is 4. The summed E-state index contributed by atoms with van der Waals surface area (Å²) in [6.07, 6.45) is -2.95. The lowest BCUT2D eigenvalue weighted by molar-refractivity contribution is -0.138. The molecule has 0 saturated heterocycles. The van der Waals surface area contributed by atoms with Crippen molar-refractivity contribution in [3.8, 4) is 11.8 Å². The fraction of sp³-hybridized carbons (Fsp3) is 0.188. The molecule has 2 N–H and O–H groups in total. The van der Waals surface area contributed by atoms with Gasteiger partial charge in [0.05, 0.1) is 11.1 Å². The van der Waals surface area contributed by atoms with Crippen molar-refractivity contribution < 1.29 is 18.3 Å². The van der Waals surface area contributed by atoms with Gasteiger partial charge < -0.3 is 10.4 Å². The average molecular weight is 338 g/mol. The number of benzene rings is 1. The van der Waals surface area contributed by atoms with Crippen LogP contribution < -0.4 is 5.32 Å². The van der Waals surface area contributed by atoms with Crippen molar-refractivity contribution in [3.05, 3.63) is 53.2 Å². The number of thiol groups is 1. The average Bonchev–Trinajstić information content (AvgIpc) is 2.51. The zero-order valence-corrected chi connectivity index (χ0v) is 12.7. The number of rotatable bonds is 3. The van der Waals surface area contributed by atoms with E-state index in [0.29, 0.717) is 11.4 Å². The van der Waals surface area contributed by atoms with E-state index < -0.39 is 11.7 Å². The SMILES string of the molecule is OCC#Cc1cccnc1NCc1ccc(S)cc1C(F)(F)F. The van der Waals surface area contributed by atoms with Gasteiger partial charge in [-0.25, -0.2) is 4.98 Å². The van der Waals surface area contributed by atoms with E-state index in [4.69, 9.17) is 5.11 Å². The van der Waals surface area contributed by atoms with Crippen LogP contribution in [-0.4, -0.2) is 16.7 Å². The van der Waals surface area contributed by atoms with Crippen LogP contribution in [0.1, 0.15) is 16.7 Å². The molecule has 1 aromatic carbocycles. The van der Waals surface area contributed by atoms with E-state index in [-0.39, 0.29) is 23.6 Å². The molecule has 2 aromatic rings. The van der Waals surface area contributed by atoms with E-state index in [1.165, 1.54) is 18.3 Å². The van der Waals surface area contributed by atoms with Gasteiger partial charge in [0.15, 0.2) is 0 Å². The molecule has 7 heteroatoms. The van der Waals surface area contributed by atoms with E-state index >= 15 is 0 Å². The quantitative estimate of drug-likeness (QED) is 0.594. The van der Waals surface area contributed by atoms with E-state index in [0.717, 1.165) is 6.07 Å². The Morgan fingerprint density at radius 1 is 1.26 bits per heavy atom.